The number of pyridine rings is 1. The van der Waals surface area contributed by atoms with Crippen LogP contribution < -0.4 is 20.3 Å². The van der Waals surface area contributed by atoms with Gasteiger partial charge in [-0.15, -0.1) is 11.8 Å². The molecule has 3 aliphatic rings. The smallest absolute Gasteiger partial charge is 0.254 e. The number of ether oxygens (including phenoxy) is 2. The van der Waals surface area contributed by atoms with Gasteiger partial charge in [-0.3, -0.25) is 9.59 Å². The molecule has 1 atom stereocenters. The van der Waals surface area contributed by atoms with Crippen LogP contribution in [0.4, 0.5) is 0 Å². The lowest BCUT2D eigenvalue weighted by Gasteiger charge is -2.38. The van der Waals surface area contributed by atoms with E-state index in [0.29, 0.717) is 27.7 Å². The summed E-state index contributed by atoms with van der Waals surface area (Å²) in [5, 5.41) is 2.62. The minimum atomic E-state index is -2.42. The largest absolute Gasteiger partial charge is 0.448 e. The van der Waals surface area contributed by atoms with E-state index in [1.54, 1.807) is 26.2 Å². The molecule has 1 aromatic heterocycles. The number of carbonyl (C=O) groups is 1. The number of aryl methyl sites for hydroxylation is 1. The van der Waals surface area contributed by atoms with E-state index in [4.69, 9.17) is 23.8 Å². The maximum Gasteiger partial charge on any atom is 0.254 e. The summed E-state index contributed by atoms with van der Waals surface area (Å²) in [4.78, 5) is 31.6. The second-order valence-electron chi connectivity index (χ2n) is 10.2. The first-order valence-electron chi connectivity index (χ1n) is 13.5. The highest BCUT2D eigenvalue weighted by Crippen LogP contribution is 2.51. The molecule has 2 aromatic rings. The minimum Gasteiger partial charge on any atom is -0.448 e. The van der Waals surface area contributed by atoms with Crippen LogP contribution in [0.3, 0.4) is 0 Å². The normalized spacial score (nSPS) is 23.4. The van der Waals surface area contributed by atoms with Gasteiger partial charge in [-0.25, -0.2) is 0 Å². The lowest BCUT2D eigenvalue weighted by Crippen LogP contribution is -2.48. The fourth-order valence-electron chi connectivity index (χ4n) is 5.18. The van der Waals surface area contributed by atoms with Crippen LogP contribution in [0.15, 0.2) is 21.8 Å². The predicted molar refractivity (Wildman–Crippen MR) is 142 cm³/mol. The van der Waals surface area contributed by atoms with E-state index < -0.39 is 23.8 Å². The topological polar surface area (TPSA) is 83.7 Å². The second-order valence-corrected chi connectivity index (χ2v) is 11.5. The van der Waals surface area contributed by atoms with Gasteiger partial charge in [-0.05, 0) is 76.9 Å². The Balaban J connectivity index is 1.35. The van der Waals surface area contributed by atoms with Gasteiger partial charge >= 0.3 is 0 Å². The van der Waals surface area contributed by atoms with Crippen LogP contribution in [0.1, 0.15) is 62.5 Å². The third kappa shape index (κ3) is 5.00. The van der Waals surface area contributed by atoms with Crippen molar-refractivity contribution in [1.29, 1.82) is 0 Å². The first-order chi connectivity index (χ1) is 17.9. The van der Waals surface area contributed by atoms with E-state index in [1.807, 2.05) is 6.92 Å². The van der Waals surface area contributed by atoms with Gasteiger partial charge in [0.25, 0.3) is 17.3 Å². The monoisotopic (exact) mass is 533 g/mol. The zero-order chi connectivity index (χ0) is 27.4. The summed E-state index contributed by atoms with van der Waals surface area (Å²) in [6.07, 6.45) is 6.34. The van der Waals surface area contributed by atoms with Gasteiger partial charge in [0.1, 0.15) is 0 Å². The fourth-order valence-corrected chi connectivity index (χ4v) is 6.05. The highest BCUT2D eigenvalue weighted by Gasteiger charge is 2.47. The van der Waals surface area contributed by atoms with Crippen molar-refractivity contribution in [3.63, 3.8) is 0 Å². The lowest BCUT2D eigenvalue weighted by molar-refractivity contribution is -0.125. The molecule has 0 unspecified atom stereocenters. The van der Waals surface area contributed by atoms with Gasteiger partial charge in [-0.1, -0.05) is 11.6 Å². The van der Waals surface area contributed by atoms with Crippen LogP contribution in [0.2, 0.25) is 5.02 Å². The summed E-state index contributed by atoms with van der Waals surface area (Å²) in [5.74, 6) is 0.254. The molecule has 0 spiro atoms. The first-order valence-corrected chi connectivity index (χ1v) is 14.1. The molecule has 2 aliphatic heterocycles. The number of hydrogen-bond donors (Lipinski definition) is 2. The van der Waals surface area contributed by atoms with Crippen LogP contribution in [0.25, 0.3) is 0 Å². The molecule has 0 radical (unpaired) electrons. The number of likely N-dealkylation sites (tertiary alicyclic amines) is 1. The van der Waals surface area contributed by atoms with E-state index in [0.717, 1.165) is 31.8 Å². The van der Waals surface area contributed by atoms with Crippen molar-refractivity contribution >= 4 is 29.3 Å². The average Bonchev–Trinajstić information content (AvgIpc) is 3.58. The van der Waals surface area contributed by atoms with Crippen molar-refractivity contribution in [2.75, 3.05) is 25.9 Å². The number of aromatic nitrogens is 1. The molecule has 0 bridgehead atoms. The number of nitrogens with zero attached hydrogens (tertiary/aromatic N) is 1. The molecule has 2 fully saturated rings. The average molecular weight is 534 g/mol. The van der Waals surface area contributed by atoms with Gasteiger partial charge in [0.2, 0.25) is 0 Å². The van der Waals surface area contributed by atoms with Crippen LogP contribution in [-0.4, -0.2) is 47.5 Å². The maximum atomic E-state index is 13.3. The SMILES string of the molecule is [2H]C([2H])(NC(=O)c1cc(Cl)c2c(c1C)O[C@@](C)(C1CCN(CC3CC3)CC1)O2)c1c(SC)cc(C)[nH]c1=O. The van der Waals surface area contributed by atoms with E-state index in [-0.39, 0.29) is 22.1 Å². The zero-order valence-corrected chi connectivity index (χ0v) is 22.7. The number of nitrogens with one attached hydrogen (secondary N) is 2. The van der Waals surface area contributed by atoms with Crippen molar-refractivity contribution in [2.24, 2.45) is 11.8 Å². The van der Waals surface area contributed by atoms with Gasteiger partial charge in [-0.2, -0.15) is 0 Å². The summed E-state index contributed by atoms with van der Waals surface area (Å²) >= 11 is 7.82. The number of carbonyl (C=O) groups excluding carboxylic acids is 1. The predicted octanol–water partition coefficient (Wildman–Crippen LogP) is 4.91. The maximum absolute atomic E-state index is 13.3. The van der Waals surface area contributed by atoms with Crippen LogP contribution >= 0.6 is 23.4 Å². The van der Waals surface area contributed by atoms with Gasteiger partial charge in [0, 0.05) is 53.2 Å². The molecule has 7 nitrogen and oxygen atoms in total. The standard InChI is InChI=1S/C27H34ClN3O4S/c1-15-11-22(36-4)20(26(33)30-15)13-29-25(32)19-12-21(28)24-23(16(19)2)34-27(3,35-24)18-7-9-31(10-8-18)14-17-5-6-17/h11-12,17-18H,5-10,13-14H2,1-4H3,(H,29,32)(H,30,33)/t27-/m1/s1/i13D2. The number of aromatic amines is 1. The molecule has 9 heteroatoms. The number of rotatable bonds is 7. The number of thioether (sulfide) groups is 1. The van der Waals surface area contributed by atoms with Crippen molar-refractivity contribution in [3.05, 3.63) is 49.9 Å². The Morgan fingerprint density at radius 2 is 1.94 bits per heavy atom. The molecule has 5 rings (SSSR count). The Labute approximate surface area is 224 Å². The van der Waals surface area contributed by atoms with Crippen LogP contribution in [0.5, 0.6) is 11.5 Å². The van der Waals surface area contributed by atoms with Crippen molar-refractivity contribution in [1.82, 2.24) is 15.2 Å². The Bertz CT molecular complexity index is 1320. The molecule has 1 saturated heterocycles. The Kier molecular flexibility index (Phi) is 6.36. The van der Waals surface area contributed by atoms with Crippen molar-refractivity contribution in [2.45, 2.75) is 63.6 Å². The Morgan fingerprint density at radius 3 is 2.61 bits per heavy atom. The number of H-pyrrole nitrogens is 1. The Morgan fingerprint density at radius 1 is 1.25 bits per heavy atom. The molecular formula is C27H34ClN3O4S. The number of amides is 1. The summed E-state index contributed by atoms with van der Waals surface area (Å²) in [6, 6.07) is 3.16. The van der Waals surface area contributed by atoms with Crippen LogP contribution in [0, 0.1) is 25.7 Å². The fraction of sp³-hybridized carbons (Fsp3) is 0.556. The van der Waals surface area contributed by atoms with E-state index in [2.05, 4.69) is 15.2 Å². The van der Waals surface area contributed by atoms with Crippen molar-refractivity contribution in [3.8, 4) is 11.5 Å². The summed E-state index contributed by atoms with van der Waals surface area (Å²) in [7, 11) is 0. The highest BCUT2D eigenvalue weighted by molar-refractivity contribution is 7.98. The summed E-state index contributed by atoms with van der Waals surface area (Å²) in [5.41, 5.74) is 0.558. The molecule has 1 amide bonds. The molecule has 3 heterocycles. The minimum absolute atomic E-state index is 0.144. The van der Waals surface area contributed by atoms with E-state index >= 15 is 0 Å². The lowest BCUT2D eigenvalue weighted by atomic mass is 9.89. The van der Waals surface area contributed by atoms with Crippen LogP contribution in [-0.2, 0) is 6.50 Å². The number of piperidine rings is 1. The quantitative estimate of drug-likeness (QED) is 0.492. The first kappa shape index (κ1) is 23.0. The molecule has 1 aliphatic carbocycles. The third-order valence-electron chi connectivity index (χ3n) is 7.49. The molecule has 36 heavy (non-hydrogen) atoms. The number of hydrogen-bond acceptors (Lipinski definition) is 6. The highest BCUT2D eigenvalue weighted by atomic mass is 35.5. The van der Waals surface area contributed by atoms with Crippen molar-refractivity contribution < 1.29 is 17.0 Å². The Hall–Kier alpha value is -2.16. The zero-order valence-electron chi connectivity index (χ0n) is 23.1. The summed E-state index contributed by atoms with van der Waals surface area (Å²) in [6.45, 7) is 6.15. The third-order valence-corrected chi connectivity index (χ3v) is 8.53. The number of fused-ring (bicyclic) bond motifs is 1. The van der Waals surface area contributed by atoms with E-state index in [9.17, 15) is 9.59 Å². The number of benzene rings is 1. The van der Waals surface area contributed by atoms with Gasteiger partial charge < -0.3 is 24.7 Å². The molecule has 1 saturated carbocycles. The second kappa shape index (κ2) is 9.95. The van der Waals surface area contributed by atoms with Gasteiger partial charge in [0.15, 0.2) is 11.5 Å². The molecule has 1 aromatic carbocycles. The summed E-state index contributed by atoms with van der Waals surface area (Å²) < 4.78 is 29.8. The molecule has 2 N–H and O–H groups in total. The number of halogens is 1. The van der Waals surface area contributed by atoms with Gasteiger partial charge in [0.05, 0.1) is 7.76 Å². The molecule has 194 valence electrons. The van der Waals surface area contributed by atoms with E-state index in [1.165, 1.54) is 37.2 Å². The molecular weight excluding hydrogens is 498 g/mol.